The summed E-state index contributed by atoms with van der Waals surface area (Å²) in [6.07, 6.45) is 1.67. The van der Waals surface area contributed by atoms with Crippen LogP contribution < -0.4 is 16.0 Å². The van der Waals surface area contributed by atoms with Crippen LogP contribution in [0.25, 0.3) is 0 Å². The van der Waals surface area contributed by atoms with Crippen LogP contribution in [0.4, 0.5) is 4.39 Å². The van der Waals surface area contributed by atoms with Gasteiger partial charge in [-0.2, -0.15) is 0 Å². The molecule has 0 spiro atoms. The first-order valence-electron chi connectivity index (χ1n) is 8.48. The van der Waals surface area contributed by atoms with E-state index < -0.39 is 21.6 Å². The van der Waals surface area contributed by atoms with Crippen LogP contribution in [-0.4, -0.2) is 58.0 Å². The van der Waals surface area contributed by atoms with Crippen molar-refractivity contribution in [3.8, 4) is 0 Å². The first kappa shape index (κ1) is 21.9. The Morgan fingerprint density at radius 3 is 2.58 bits per heavy atom. The molecule has 1 aromatic rings. The molecule has 1 unspecified atom stereocenters. The molecule has 146 valence electrons. The van der Waals surface area contributed by atoms with Crippen LogP contribution in [0.5, 0.6) is 0 Å². The van der Waals surface area contributed by atoms with Crippen LogP contribution in [0, 0.1) is 5.82 Å². The maximum Gasteiger partial charge on any atom is 0.254 e. The molecule has 0 heterocycles. The first-order chi connectivity index (χ1) is 12.2. The molecule has 0 aromatic heterocycles. The van der Waals surface area contributed by atoms with Crippen molar-refractivity contribution in [2.75, 3.05) is 31.6 Å². The van der Waals surface area contributed by atoms with Gasteiger partial charge >= 0.3 is 0 Å². The number of carbonyl (C=O) groups excluding carboxylic acids is 1. The fraction of sp³-hybridized carbons (Fsp3) is 0.529. The second-order valence-corrected chi connectivity index (χ2v) is 8.22. The highest BCUT2D eigenvalue weighted by Gasteiger charge is 2.11. The van der Waals surface area contributed by atoms with E-state index in [0.717, 1.165) is 0 Å². The molecule has 0 aliphatic rings. The van der Waals surface area contributed by atoms with Gasteiger partial charge in [0.25, 0.3) is 5.91 Å². The van der Waals surface area contributed by atoms with Crippen molar-refractivity contribution in [3.05, 3.63) is 35.6 Å². The van der Waals surface area contributed by atoms with Crippen molar-refractivity contribution >= 4 is 21.7 Å². The van der Waals surface area contributed by atoms with Crippen LogP contribution in [0.1, 0.15) is 30.6 Å². The monoisotopic (exact) mass is 386 g/mol. The minimum atomic E-state index is -3.01. The molecular formula is C17H27FN4O3S. The lowest BCUT2D eigenvalue weighted by Crippen LogP contribution is -2.43. The van der Waals surface area contributed by atoms with Crippen LogP contribution in [0.3, 0.4) is 0 Å². The lowest BCUT2D eigenvalue weighted by molar-refractivity contribution is 0.0950. The number of amides is 1. The molecule has 0 radical (unpaired) electrons. The molecule has 7 nitrogen and oxygen atoms in total. The summed E-state index contributed by atoms with van der Waals surface area (Å²) in [6, 6.07) is 5.70. The Kier molecular flexibility index (Phi) is 9.04. The van der Waals surface area contributed by atoms with E-state index in [4.69, 9.17) is 0 Å². The quantitative estimate of drug-likeness (QED) is 0.333. The van der Waals surface area contributed by atoms with Crippen LogP contribution in [0.2, 0.25) is 0 Å². The van der Waals surface area contributed by atoms with E-state index in [2.05, 4.69) is 20.9 Å². The van der Waals surface area contributed by atoms with Gasteiger partial charge in [0.15, 0.2) is 5.96 Å². The Hall–Kier alpha value is -2.16. The van der Waals surface area contributed by atoms with Crippen LogP contribution in [0.15, 0.2) is 29.3 Å². The molecule has 1 amide bonds. The van der Waals surface area contributed by atoms with E-state index in [1.165, 1.54) is 24.5 Å². The summed E-state index contributed by atoms with van der Waals surface area (Å²) < 4.78 is 36.0. The minimum absolute atomic E-state index is 0.00379. The summed E-state index contributed by atoms with van der Waals surface area (Å²) in [4.78, 5) is 16.2. The number of rotatable bonds is 9. The van der Waals surface area contributed by atoms with E-state index in [-0.39, 0.29) is 23.9 Å². The molecule has 0 saturated heterocycles. The second kappa shape index (κ2) is 10.7. The highest BCUT2D eigenvalue weighted by molar-refractivity contribution is 7.90. The number of guanidine groups is 1. The van der Waals surface area contributed by atoms with Crippen LogP contribution in [-0.2, 0) is 9.84 Å². The summed E-state index contributed by atoms with van der Waals surface area (Å²) in [5.74, 6) is -0.422. The molecule has 0 aliphatic heterocycles. The maximum atomic E-state index is 13.5. The zero-order valence-electron chi connectivity index (χ0n) is 15.4. The summed E-state index contributed by atoms with van der Waals surface area (Å²) in [5.41, 5.74) is -0.00379. The van der Waals surface area contributed by atoms with Crippen molar-refractivity contribution in [1.29, 1.82) is 0 Å². The van der Waals surface area contributed by atoms with Crippen molar-refractivity contribution in [1.82, 2.24) is 16.0 Å². The predicted octanol–water partition coefficient (Wildman–Crippen LogP) is 0.934. The molecule has 1 rings (SSSR count). The lowest BCUT2D eigenvalue weighted by atomic mass is 10.2. The largest absolute Gasteiger partial charge is 0.357 e. The van der Waals surface area contributed by atoms with Crippen molar-refractivity contribution in [2.45, 2.75) is 26.3 Å². The van der Waals surface area contributed by atoms with E-state index in [1.807, 2.05) is 13.8 Å². The van der Waals surface area contributed by atoms with Gasteiger partial charge in [-0.05, 0) is 32.4 Å². The number of benzene rings is 1. The van der Waals surface area contributed by atoms with Gasteiger partial charge in [0.1, 0.15) is 15.7 Å². The number of aliphatic imine (C=N–C) groups is 1. The molecule has 0 aliphatic carbocycles. The van der Waals surface area contributed by atoms with Crippen LogP contribution >= 0.6 is 0 Å². The molecule has 0 fully saturated rings. The smallest absolute Gasteiger partial charge is 0.254 e. The number of halogens is 1. The van der Waals surface area contributed by atoms with Gasteiger partial charge in [-0.1, -0.05) is 12.1 Å². The average molecular weight is 386 g/mol. The van der Waals surface area contributed by atoms with Crippen molar-refractivity contribution in [2.24, 2.45) is 4.99 Å². The highest BCUT2D eigenvalue weighted by Crippen LogP contribution is 2.05. The van der Waals surface area contributed by atoms with E-state index >= 15 is 0 Å². The average Bonchev–Trinajstić information content (AvgIpc) is 2.56. The Morgan fingerprint density at radius 1 is 1.27 bits per heavy atom. The summed E-state index contributed by atoms with van der Waals surface area (Å²) >= 11 is 0. The zero-order valence-corrected chi connectivity index (χ0v) is 16.2. The molecule has 3 N–H and O–H groups in total. The third kappa shape index (κ3) is 8.80. The molecular weight excluding hydrogens is 359 g/mol. The number of hydrogen-bond acceptors (Lipinski definition) is 4. The maximum absolute atomic E-state index is 13.5. The van der Waals surface area contributed by atoms with Gasteiger partial charge in [0.05, 0.1) is 17.9 Å². The van der Waals surface area contributed by atoms with Gasteiger partial charge in [-0.15, -0.1) is 0 Å². The SMILES string of the molecule is CCNC(=NCCNC(=O)c1ccccc1F)NC(C)CCS(C)(=O)=O. The van der Waals surface area contributed by atoms with Gasteiger partial charge in [0, 0.05) is 25.4 Å². The normalized spacial score (nSPS) is 13.2. The Bertz CT molecular complexity index is 722. The highest BCUT2D eigenvalue weighted by atomic mass is 32.2. The molecule has 26 heavy (non-hydrogen) atoms. The van der Waals surface area contributed by atoms with Gasteiger partial charge in [0.2, 0.25) is 0 Å². The van der Waals surface area contributed by atoms with Crippen molar-refractivity contribution in [3.63, 3.8) is 0 Å². The summed E-state index contributed by atoms with van der Waals surface area (Å²) in [7, 11) is -3.01. The second-order valence-electron chi connectivity index (χ2n) is 5.96. The third-order valence-electron chi connectivity index (χ3n) is 3.43. The Balaban J connectivity index is 2.48. The number of nitrogens with zero attached hydrogens (tertiary/aromatic N) is 1. The first-order valence-corrected chi connectivity index (χ1v) is 10.5. The van der Waals surface area contributed by atoms with E-state index in [0.29, 0.717) is 25.5 Å². The zero-order chi connectivity index (χ0) is 19.6. The molecule has 1 aromatic carbocycles. The third-order valence-corrected chi connectivity index (χ3v) is 4.41. The topological polar surface area (TPSA) is 99.7 Å². The number of hydrogen-bond donors (Lipinski definition) is 3. The number of carbonyl (C=O) groups is 1. The standard InChI is InChI=1S/C17H27FN4O3S/c1-4-19-17(22-13(2)9-12-26(3,24)25)21-11-10-20-16(23)14-7-5-6-8-15(14)18/h5-8,13H,4,9-12H2,1-3H3,(H,20,23)(H2,19,21,22). The minimum Gasteiger partial charge on any atom is -0.357 e. The molecule has 0 bridgehead atoms. The molecule has 9 heteroatoms. The Labute approximate surface area is 154 Å². The number of nitrogens with one attached hydrogen (secondary N) is 3. The van der Waals surface area contributed by atoms with Gasteiger partial charge in [-0.3, -0.25) is 9.79 Å². The molecule has 1 atom stereocenters. The van der Waals surface area contributed by atoms with Gasteiger partial charge in [-0.25, -0.2) is 12.8 Å². The lowest BCUT2D eigenvalue weighted by Gasteiger charge is -2.17. The predicted molar refractivity (Wildman–Crippen MR) is 102 cm³/mol. The van der Waals surface area contributed by atoms with Crippen molar-refractivity contribution < 1.29 is 17.6 Å². The van der Waals surface area contributed by atoms with E-state index in [1.54, 1.807) is 6.07 Å². The van der Waals surface area contributed by atoms with Gasteiger partial charge < -0.3 is 16.0 Å². The molecule has 0 saturated carbocycles. The fourth-order valence-corrected chi connectivity index (χ4v) is 2.88. The fourth-order valence-electron chi connectivity index (χ4n) is 2.09. The summed E-state index contributed by atoms with van der Waals surface area (Å²) in [6.45, 7) is 4.98. The Morgan fingerprint density at radius 2 is 1.96 bits per heavy atom. The van der Waals surface area contributed by atoms with E-state index in [9.17, 15) is 17.6 Å². The summed E-state index contributed by atoms with van der Waals surface area (Å²) in [5, 5.41) is 8.79. The number of sulfone groups is 1.